The van der Waals surface area contributed by atoms with Crippen LogP contribution in [0.4, 0.5) is 0 Å². The molecule has 12 rings (SSSR count). The summed E-state index contributed by atoms with van der Waals surface area (Å²) in [4.78, 5) is 137. The van der Waals surface area contributed by atoms with E-state index in [1.807, 2.05) is 151 Å². The van der Waals surface area contributed by atoms with Crippen LogP contribution >= 0.6 is 45.6 Å². The molecular weight excluding hydrogens is 1560 g/mol. The van der Waals surface area contributed by atoms with Crippen LogP contribution in [0.2, 0.25) is 0 Å². The van der Waals surface area contributed by atoms with Crippen molar-refractivity contribution in [1.82, 2.24) is 91.5 Å². The van der Waals surface area contributed by atoms with Crippen molar-refractivity contribution in [1.29, 1.82) is 0 Å². The Balaban J connectivity index is 0.000000216. The first kappa shape index (κ1) is 90.8. The molecule has 3 amide bonds. The zero-order valence-corrected chi connectivity index (χ0v) is 67.7. The molecule has 0 aliphatic heterocycles. The predicted molar refractivity (Wildman–Crippen MR) is 431 cm³/mol. The fourth-order valence-corrected chi connectivity index (χ4v) is 11.4. The van der Waals surface area contributed by atoms with Gasteiger partial charge in [0.2, 0.25) is 15.0 Å². The van der Waals surface area contributed by atoms with E-state index < -0.39 is 35.0 Å². The van der Waals surface area contributed by atoms with Crippen LogP contribution in [0.3, 0.4) is 0 Å². The molecule has 0 atom stereocenters. The molecule has 0 aliphatic carbocycles. The number of amides is 3. The van der Waals surface area contributed by atoms with Crippen molar-refractivity contribution in [3.05, 3.63) is 241 Å². The minimum atomic E-state index is -1.08. The lowest BCUT2D eigenvalue weighted by molar-refractivity contribution is -0.154. The maximum absolute atomic E-state index is 12.5. The van der Waals surface area contributed by atoms with Crippen molar-refractivity contribution >= 4 is 98.2 Å². The zero-order chi connectivity index (χ0) is 84.1. The van der Waals surface area contributed by atoms with Gasteiger partial charge >= 0.3 is 35.0 Å². The molecule has 12 aromatic heterocycles. The van der Waals surface area contributed by atoms with Crippen molar-refractivity contribution in [2.24, 2.45) is 11.6 Å². The van der Waals surface area contributed by atoms with Crippen molar-refractivity contribution in [2.45, 2.75) is 96.2 Å². The van der Waals surface area contributed by atoms with Gasteiger partial charge in [0.05, 0.1) is 37.8 Å². The molecule has 8 N–H and O–H groups in total. The molecule has 0 radical (unpaired) electrons. The summed E-state index contributed by atoms with van der Waals surface area (Å²) < 4.78 is 13.5. The van der Waals surface area contributed by atoms with Gasteiger partial charge in [-0.25, -0.2) is 35.0 Å². The number of hydrogen-bond donors (Lipinski definition) is 6. The molecule has 596 valence electrons. The summed E-state index contributed by atoms with van der Waals surface area (Å²) in [6, 6.07) is 39.0. The molecule has 0 saturated carbocycles. The number of carboxylic acids is 1. The second-order valence-electron chi connectivity index (χ2n) is 23.7. The number of esters is 3. The van der Waals surface area contributed by atoms with Crippen LogP contribution in [0, 0.1) is 62.3 Å². The van der Waals surface area contributed by atoms with Crippen LogP contribution < -0.4 is 27.6 Å². The maximum Gasteiger partial charge on any atom is 0.396 e. The number of rotatable bonds is 19. The van der Waals surface area contributed by atoms with Crippen LogP contribution in [0.15, 0.2) is 152 Å². The number of nitrogen functional groups attached to an aromatic ring is 1. The summed E-state index contributed by atoms with van der Waals surface area (Å²) in [6.45, 7) is 23.4. The molecule has 0 saturated heterocycles. The number of carbonyl (C=O) groups excluding carboxylic acids is 8. The molecule has 0 spiro atoms. The van der Waals surface area contributed by atoms with Gasteiger partial charge in [-0.1, -0.05) is 76.5 Å². The first-order valence-electron chi connectivity index (χ1n) is 34.7. The number of aromatic nitrogens is 15. The van der Waals surface area contributed by atoms with E-state index in [-0.39, 0.29) is 53.1 Å². The minimum Gasteiger partial charge on any atom is -0.476 e. The maximum atomic E-state index is 12.5. The lowest BCUT2D eigenvalue weighted by Gasteiger charge is -2.09. The third-order valence-corrected chi connectivity index (χ3v) is 17.4. The Morgan fingerprint density at radius 1 is 0.452 bits per heavy atom. The molecule has 0 fully saturated rings. The first-order chi connectivity index (χ1) is 55.0. The number of nitrogens with two attached hydrogens (primary N) is 2. The molecule has 0 aromatic carbocycles. The largest absolute Gasteiger partial charge is 0.476 e. The number of ketones is 1. The summed E-state index contributed by atoms with van der Waals surface area (Å²) in [7, 11) is 0. The van der Waals surface area contributed by atoms with E-state index in [1.54, 1.807) is 76.5 Å². The highest BCUT2D eigenvalue weighted by Crippen LogP contribution is 2.27. The molecule has 115 heavy (non-hydrogen) atoms. The smallest absolute Gasteiger partial charge is 0.396 e. The molecule has 12 heterocycles. The van der Waals surface area contributed by atoms with E-state index in [4.69, 9.17) is 33.0 Å². The summed E-state index contributed by atoms with van der Waals surface area (Å²) in [5.74, 6) is -0.509. The molecule has 33 nitrogen and oxygen atoms in total. The summed E-state index contributed by atoms with van der Waals surface area (Å²) in [6.07, 6.45) is 7.20. The highest BCUT2D eigenvalue weighted by Gasteiger charge is 2.20. The molecular formula is C78H81ClN20O13S3. The van der Waals surface area contributed by atoms with E-state index in [0.29, 0.717) is 62.5 Å². The van der Waals surface area contributed by atoms with Crippen LogP contribution in [0.25, 0.3) is 54.6 Å². The van der Waals surface area contributed by atoms with Gasteiger partial charge < -0.3 is 35.7 Å². The van der Waals surface area contributed by atoms with Crippen LogP contribution in [0.1, 0.15) is 133 Å². The van der Waals surface area contributed by atoms with Gasteiger partial charge in [-0.15, -0.1) is 30.6 Å². The monoisotopic (exact) mass is 1640 g/mol. The van der Waals surface area contributed by atoms with E-state index in [9.17, 15) is 43.2 Å². The van der Waals surface area contributed by atoms with Gasteiger partial charge in [-0.3, -0.25) is 64.3 Å². The normalized spacial score (nSPS) is 10.1. The van der Waals surface area contributed by atoms with E-state index >= 15 is 0 Å². The zero-order valence-electron chi connectivity index (χ0n) is 64.5. The van der Waals surface area contributed by atoms with Crippen molar-refractivity contribution in [3.63, 3.8) is 0 Å². The quantitative estimate of drug-likeness (QED) is 0.00640. The van der Waals surface area contributed by atoms with Gasteiger partial charge in [0.25, 0.3) is 11.8 Å². The number of aromatic carboxylic acids is 1. The number of nitrogens with one attached hydrogen (secondary N) is 3. The topological polar surface area (TPSA) is 483 Å². The summed E-state index contributed by atoms with van der Waals surface area (Å²) in [5.41, 5.74) is 24.6. The van der Waals surface area contributed by atoms with Gasteiger partial charge in [0.15, 0.2) is 20.8 Å². The van der Waals surface area contributed by atoms with E-state index in [1.165, 1.54) is 22.7 Å². The van der Waals surface area contributed by atoms with Gasteiger partial charge in [0, 0.05) is 88.9 Å². The SMILES string of the molecule is CCOC(=O)C(=O)Cl.CCOC(=O)C(=O)NCC(=O)c1cccc(C)n1.CCOC(=O)c1nnc(-c2cccc(C)n2)s1.Cc1cc(-c2ncc(CN)cc2C)ccn1.Cc1cc(-c2ncc(CNC(=O)c3nnc(-c4cccc(C)n4)s3)cc2C)ccn1.Cc1cccc(-c2nnc(C(=O)O)s2)n1.Cc1cccc(C(=O)NN)n1. The minimum absolute atomic E-state index is 0.0201. The highest BCUT2D eigenvalue weighted by molar-refractivity contribution is 7.17. The lowest BCUT2D eigenvalue weighted by atomic mass is 10.1. The summed E-state index contributed by atoms with van der Waals surface area (Å²) >= 11 is 8.12. The number of pyridine rings is 9. The molecule has 12 aromatic rings. The Bertz CT molecular complexity index is 5360. The third-order valence-electron chi connectivity index (χ3n) is 14.5. The second-order valence-corrected chi connectivity index (χ2v) is 26.9. The van der Waals surface area contributed by atoms with Gasteiger partial charge in [0.1, 0.15) is 28.5 Å². The Kier molecular flexibility index (Phi) is 36.8. The number of carboxylic acid groups (broad SMARTS) is 1. The predicted octanol–water partition coefficient (Wildman–Crippen LogP) is 10.4. The van der Waals surface area contributed by atoms with Crippen molar-refractivity contribution in [3.8, 4) is 54.6 Å². The first-order valence-corrected chi connectivity index (χ1v) is 37.6. The number of hydrazine groups is 1. The number of halogens is 1. The number of ether oxygens (including phenoxy) is 3. The average Bonchev–Trinajstić information content (AvgIpc) is 1.66. The number of Topliss-reactive ketones (excluding diaryl/α,β-unsaturated/α-hetero) is 1. The molecule has 0 unspecified atom stereocenters. The Morgan fingerprint density at radius 2 is 0.870 bits per heavy atom. The Labute approximate surface area is 677 Å². The molecule has 0 bridgehead atoms. The van der Waals surface area contributed by atoms with Crippen LogP contribution in [0.5, 0.6) is 0 Å². The average molecular weight is 1640 g/mol. The standard InChI is InChI=1S/C22H20N6OS.C13H15N3.C12H14N2O4.C11H11N3O2S.C9H7N3O2S.C7H9N3O.C4H5ClO3/c1-13-9-16(11-24-19(13)17-7-8-23-15(3)10-17)12-25-20(29)22-28-27-21(30-22)18-6-4-5-14(2)26-18;1-9-5-11(7-14)8-16-13(9)12-3-4-15-10(2)6-12;1-3-18-12(17)11(16)13-7-10(15)9-6-4-5-8(2)14-9;1-3-16-11(15)10-14-13-9(17-10)8-6-4-5-7(2)12-8;1-5-3-2-4-6(10-5)7-11-12-8(15-7)9(13)14;1-5-3-2-4-6(9-5)7(11)10-8;1-2-8-4(7)3(5)6/h4-11H,12H2,1-3H3,(H,25,29);3-6,8H,7,14H2,1-2H3;4-6H,3,7H2,1-2H3,(H,13,16);4-6H,3H2,1-2H3;2-4H,1H3,(H,13,14);2-4H,8H2,1H3,(H,10,11);2H2,1H3. The Morgan fingerprint density at radius 3 is 1.29 bits per heavy atom. The number of hydrogen-bond acceptors (Lipinski definition) is 32. The van der Waals surface area contributed by atoms with Gasteiger partial charge in [-0.2, -0.15) is 0 Å². The lowest BCUT2D eigenvalue weighted by Crippen LogP contribution is -2.36. The van der Waals surface area contributed by atoms with Crippen LogP contribution in [-0.4, -0.2) is 160 Å². The second kappa shape index (κ2) is 46.6. The van der Waals surface area contributed by atoms with E-state index in [0.717, 1.165) is 96.0 Å². The number of nitrogens with zero attached hydrogens (tertiary/aromatic N) is 15. The number of carbonyl (C=O) groups is 9. The fraction of sp³-hybridized carbons (Fsp3) is 0.231. The Hall–Kier alpha value is -13.1. The van der Waals surface area contributed by atoms with Crippen molar-refractivity contribution < 1.29 is 62.5 Å². The highest BCUT2D eigenvalue weighted by atomic mass is 35.5. The fourth-order valence-electron chi connectivity index (χ4n) is 9.29. The van der Waals surface area contributed by atoms with Crippen LogP contribution in [-0.2, 0) is 46.5 Å². The molecule has 37 heteroatoms. The summed E-state index contributed by atoms with van der Waals surface area (Å²) in [5, 5.41) is 38.2. The van der Waals surface area contributed by atoms with Crippen molar-refractivity contribution in [2.75, 3.05) is 26.4 Å². The van der Waals surface area contributed by atoms with E-state index in [2.05, 4.69) is 109 Å². The van der Waals surface area contributed by atoms with Gasteiger partial charge in [-0.05, 0) is 202 Å². The number of aryl methyl sites for hydroxylation is 9. The third kappa shape index (κ3) is 30.1. The molecule has 0 aliphatic rings.